The zero-order valence-electron chi connectivity index (χ0n) is 11.7. The molecule has 1 fully saturated rings. The summed E-state index contributed by atoms with van der Waals surface area (Å²) in [5.41, 5.74) is 7.03. The van der Waals surface area contributed by atoms with E-state index in [1.54, 1.807) is 12.1 Å². The van der Waals surface area contributed by atoms with Crippen LogP contribution in [0.25, 0.3) is 0 Å². The van der Waals surface area contributed by atoms with Crippen molar-refractivity contribution in [2.24, 2.45) is 10.9 Å². The van der Waals surface area contributed by atoms with Crippen LogP contribution in [0, 0.1) is 6.92 Å². The van der Waals surface area contributed by atoms with Gasteiger partial charge in [-0.2, -0.15) is 0 Å². The molecule has 1 saturated heterocycles. The van der Waals surface area contributed by atoms with Crippen LogP contribution in [0.3, 0.4) is 0 Å². The van der Waals surface area contributed by atoms with Crippen LogP contribution in [-0.2, 0) is 4.74 Å². The summed E-state index contributed by atoms with van der Waals surface area (Å²) in [6, 6.07) is 3.53. The molecule has 0 amide bonds. The van der Waals surface area contributed by atoms with Crippen molar-refractivity contribution in [3.8, 4) is 0 Å². The molecule has 20 heavy (non-hydrogen) atoms. The van der Waals surface area contributed by atoms with Gasteiger partial charge in [-0.3, -0.25) is 0 Å². The predicted molar refractivity (Wildman–Crippen MR) is 75.1 cm³/mol. The van der Waals surface area contributed by atoms with E-state index in [1.807, 2.05) is 18.7 Å². The van der Waals surface area contributed by atoms with Gasteiger partial charge in [0.1, 0.15) is 5.82 Å². The zero-order chi connectivity index (χ0) is 14.7. The first-order chi connectivity index (χ1) is 9.53. The highest BCUT2D eigenvalue weighted by Crippen LogP contribution is 2.20. The van der Waals surface area contributed by atoms with Gasteiger partial charge in [0.05, 0.1) is 18.8 Å². The van der Waals surface area contributed by atoms with E-state index >= 15 is 0 Å². The summed E-state index contributed by atoms with van der Waals surface area (Å²) in [7, 11) is 0. The van der Waals surface area contributed by atoms with Gasteiger partial charge in [-0.25, -0.2) is 4.98 Å². The number of anilines is 1. The number of aliphatic hydroxyl groups excluding tert-OH is 1. The number of nitrogens with zero attached hydrogens (tertiary/aromatic N) is 3. The van der Waals surface area contributed by atoms with Crippen LogP contribution in [-0.4, -0.2) is 53.0 Å². The summed E-state index contributed by atoms with van der Waals surface area (Å²) in [5, 5.41) is 21.1. The number of hydrogen-bond donors (Lipinski definition) is 3. The molecule has 1 aliphatic rings. The molecule has 0 aliphatic carbocycles. The van der Waals surface area contributed by atoms with Gasteiger partial charge < -0.3 is 25.7 Å². The van der Waals surface area contributed by atoms with Gasteiger partial charge in [-0.15, -0.1) is 0 Å². The van der Waals surface area contributed by atoms with E-state index in [1.165, 1.54) is 0 Å². The number of aryl methyl sites for hydroxylation is 1. The summed E-state index contributed by atoms with van der Waals surface area (Å²) in [6.45, 7) is 5.02. The highest BCUT2D eigenvalue weighted by atomic mass is 16.5. The molecule has 1 aromatic rings. The number of rotatable bonds is 3. The third-order valence-corrected chi connectivity index (χ3v) is 3.20. The Morgan fingerprint density at radius 1 is 1.55 bits per heavy atom. The second kappa shape index (κ2) is 6.06. The van der Waals surface area contributed by atoms with Crippen molar-refractivity contribution in [2.45, 2.75) is 26.1 Å². The van der Waals surface area contributed by atoms with E-state index < -0.39 is 0 Å². The lowest BCUT2D eigenvalue weighted by Crippen LogP contribution is -2.48. The first kappa shape index (κ1) is 14.5. The van der Waals surface area contributed by atoms with E-state index in [-0.39, 0.29) is 24.7 Å². The third-order valence-electron chi connectivity index (χ3n) is 3.20. The van der Waals surface area contributed by atoms with Gasteiger partial charge in [-0.05, 0) is 26.0 Å². The summed E-state index contributed by atoms with van der Waals surface area (Å²) in [4.78, 5) is 6.51. The van der Waals surface area contributed by atoms with Gasteiger partial charge in [-0.1, -0.05) is 5.16 Å². The van der Waals surface area contributed by atoms with Crippen LogP contribution < -0.4 is 10.6 Å². The van der Waals surface area contributed by atoms with E-state index in [2.05, 4.69) is 10.1 Å². The molecule has 7 heteroatoms. The Hall–Kier alpha value is -1.86. The molecule has 7 nitrogen and oxygen atoms in total. The normalized spacial score (nSPS) is 23.9. The summed E-state index contributed by atoms with van der Waals surface area (Å²) in [6.07, 6.45) is -0.219. The second-order valence-electron chi connectivity index (χ2n) is 5.00. The fourth-order valence-corrected chi connectivity index (χ4v) is 2.35. The Balaban J connectivity index is 2.29. The maximum atomic E-state index is 9.26. The Kier molecular flexibility index (Phi) is 4.41. The average Bonchev–Trinajstić information content (AvgIpc) is 2.45. The number of aromatic nitrogens is 1. The minimum Gasteiger partial charge on any atom is -0.409 e. The molecule has 0 spiro atoms. The van der Waals surface area contributed by atoms with Crippen LogP contribution in [0.2, 0.25) is 0 Å². The fraction of sp³-hybridized carbons (Fsp3) is 0.538. The third kappa shape index (κ3) is 3.17. The molecule has 2 unspecified atom stereocenters. The maximum Gasteiger partial charge on any atom is 0.170 e. The van der Waals surface area contributed by atoms with Crippen molar-refractivity contribution in [2.75, 3.05) is 24.6 Å². The molecule has 0 radical (unpaired) electrons. The average molecular weight is 280 g/mol. The topological polar surface area (TPSA) is 104 Å². The molecular formula is C13H20N4O3. The highest BCUT2D eigenvalue weighted by molar-refractivity contribution is 5.97. The van der Waals surface area contributed by atoms with Crippen molar-refractivity contribution in [3.05, 3.63) is 23.4 Å². The first-order valence-corrected chi connectivity index (χ1v) is 6.51. The number of hydrogen-bond acceptors (Lipinski definition) is 6. The van der Waals surface area contributed by atoms with Crippen LogP contribution in [0.15, 0.2) is 17.3 Å². The van der Waals surface area contributed by atoms with Crippen molar-refractivity contribution in [3.63, 3.8) is 0 Å². The highest BCUT2D eigenvalue weighted by Gasteiger charge is 2.26. The number of morpholine rings is 1. The molecule has 0 aromatic carbocycles. The van der Waals surface area contributed by atoms with Gasteiger partial charge in [0, 0.05) is 24.3 Å². The molecule has 2 atom stereocenters. The van der Waals surface area contributed by atoms with Crippen molar-refractivity contribution < 1.29 is 15.1 Å². The minimum atomic E-state index is -0.228. The minimum absolute atomic E-state index is 0.00974. The molecule has 110 valence electrons. The SMILES string of the molecule is Cc1cc(/C(N)=N/O)cc(N2CC(C)OC(CO)C2)n1. The Bertz CT molecular complexity index is 506. The number of aliphatic hydroxyl groups is 1. The summed E-state index contributed by atoms with van der Waals surface area (Å²) >= 11 is 0. The molecule has 1 aromatic heterocycles. The van der Waals surface area contributed by atoms with Gasteiger partial charge in [0.2, 0.25) is 0 Å². The molecule has 2 rings (SSSR count). The monoisotopic (exact) mass is 280 g/mol. The Morgan fingerprint density at radius 2 is 2.30 bits per heavy atom. The molecule has 4 N–H and O–H groups in total. The van der Waals surface area contributed by atoms with Gasteiger partial charge >= 0.3 is 0 Å². The lowest BCUT2D eigenvalue weighted by Gasteiger charge is -2.37. The number of pyridine rings is 1. The number of oxime groups is 1. The van der Waals surface area contributed by atoms with Crippen LogP contribution in [0.1, 0.15) is 18.2 Å². The quantitative estimate of drug-likeness (QED) is 0.313. The van der Waals surface area contributed by atoms with E-state index in [0.29, 0.717) is 18.7 Å². The van der Waals surface area contributed by atoms with Crippen molar-refractivity contribution >= 4 is 11.7 Å². The van der Waals surface area contributed by atoms with Crippen molar-refractivity contribution in [1.29, 1.82) is 0 Å². The van der Waals surface area contributed by atoms with Crippen molar-refractivity contribution in [1.82, 2.24) is 4.98 Å². The molecule has 2 heterocycles. The lowest BCUT2D eigenvalue weighted by molar-refractivity contribution is -0.0423. The molecular weight excluding hydrogens is 260 g/mol. The van der Waals surface area contributed by atoms with Gasteiger partial charge in [0.15, 0.2) is 5.84 Å². The van der Waals surface area contributed by atoms with Gasteiger partial charge in [0.25, 0.3) is 0 Å². The summed E-state index contributed by atoms with van der Waals surface area (Å²) in [5.74, 6) is 0.789. The Morgan fingerprint density at radius 3 is 2.95 bits per heavy atom. The first-order valence-electron chi connectivity index (χ1n) is 6.51. The predicted octanol–water partition coefficient (Wildman–Crippen LogP) is 0.0705. The fourth-order valence-electron chi connectivity index (χ4n) is 2.35. The number of ether oxygens (including phenoxy) is 1. The van der Waals surface area contributed by atoms with E-state index in [4.69, 9.17) is 15.7 Å². The largest absolute Gasteiger partial charge is 0.409 e. The Labute approximate surface area is 117 Å². The zero-order valence-corrected chi connectivity index (χ0v) is 11.7. The van der Waals surface area contributed by atoms with Crippen LogP contribution >= 0.6 is 0 Å². The second-order valence-corrected chi connectivity index (χ2v) is 5.00. The van der Waals surface area contributed by atoms with Crippen LogP contribution in [0.4, 0.5) is 5.82 Å². The molecule has 0 bridgehead atoms. The molecule has 1 aliphatic heterocycles. The standard InChI is InChI=1S/C13H20N4O3/c1-8-3-10(13(14)16-19)4-12(15-8)17-5-9(2)20-11(6-17)7-18/h3-4,9,11,18-19H,5-7H2,1-2H3,(H2,14,16). The summed E-state index contributed by atoms with van der Waals surface area (Å²) < 4.78 is 5.61. The lowest BCUT2D eigenvalue weighted by atomic mass is 10.1. The van der Waals surface area contributed by atoms with Crippen LogP contribution in [0.5, 0.6) is 0 Å². The smallest absolute Gasteiger partial charge is 0.170 e. The maximum absolute atomic E-state index is 9.26. The van der Waals surface area contributed by atoms with E-state index in [0.717, 1.165) is 11.5 Å². The van der Waals surface area contributed by atoms with E-state index in [9.17, 15) is 5.11 Å². The number of nitrogens with two attached hydrogens (primary N) is 1. The number of amidine groups is 1. The molecule has 0 saturated carbocycles.